The highest BCUT2D eigenvalue weighted by atomic mass is 16.5. The van der Waals surface area contributed by atoms with Crippen LogP contribution in [0.4, 0.5) is 0 Å². The molecule has 2 atom stereocenters. The van der Waals surface area contributed by atoms with Crippen molar-refractivity contribution in [2.24, 2.45) is 0 Å². The van der Waals surface area contributed by atoms with E-state index in [1.807, 2.05) is 0 Å². The second-order valence-corrected chi connectivity index (χ2v) is 5.18. The molecule has 1 aromatic carbocycles. The molecule has 0 aliphatic heterocycles. The van der Waals surface area contributed by atoms with Crippen LogP contribution in [-0.4, -0.2) is 26.3 Å². The second kappa shape index (κ2) is 7.55. The molecule has 0 radical (unpaired) electrons. The summed E-state index contributed by atoms with van der Waals surface area (Å²) in [5.41, 5.74) is 4.28. The van der Waals surface area contributed by atoms with Crippen molar-refractivity contribution >= 4 is 0 Å². The Labute approximate surface area is 112 Å². The minimum absolute atomic E-state index is 0.346. The van der Waals surface area contributed by atoms with Crippen LogP contribution in [0.5, 0.6) is 0 Å². The zero-order valence-corrected chi connectivity index (χ0v) is 12.4. The van der Waals surface area contributed by atoms with Crippen LogP contribution < -0.4 is 5.32 Å². The molecule has 0 saturated heterocycles. The van der Waals surface area contributed by atoms with Gasteiger partial charge in [-0.2, -0.15) is 0 Å². The quantitative estimate of drug-likeness (QED) is 0.801. The van der Waals surface area contributed by atoms with Gasteiger partial charge in [0.05, 0.1) is 6.10 Å². The molecular weight excluding hydrogens is 222 g/mol. The molecular formula is C16H27NO. The van der Waals surface area contributed by atoms with Crippen molar-refractivity contribution in [1.29, 1.82) is 0 Å². The minimum Gasteiger partial charge on any atom is -0.382 e. The van der Waals surface area contributed by atoms with Crippen LogP contribution in [0.2, 0.25) is 0 Å². The standard InChI is InChI=1S/C16H27NO/c1-12-7-6-8-13(2)16(12)11-15(17-4)10-9-14(3)18-5/h6-8,14-15,17H,9-11H2,1-5H3. The maximum absolute atomic E-state index is 5.31. The number of ether oxygens (including phenoxy) is 1. The summed E-state index contributed by atoms with van der Waals surface area (Å²) in [5, 5.41) is 3.43. The molecule has 2 nitrogen and oxygen atoms in total. The molecule has 0 aliphatic carbocycles. The van der Waals surface area contributed by atoms with Gasteiger partial charge in [-0.1, -0.05) is 18.2 Å². The van der Waals surface area contributed by atoms with Gasteiger partial charge in [-0.15, -0.1) is 0 Å². The largest absolute Gasteiger partial charge is 0.382 e. The molecule has 0 heterocycles. The number of hydrogen-bond acceptors (Lipinski definition) is 2. The molecule has 0 bridgehead atoms. The predicted octanol–water partition coefficient (Wildman–Crippen LogP) is 3.25. The van der Waals surface area contributed by atoms with Crippen LogP contribution in [0.3, 0.4) is 0 Å². The average Bonchev–Trinajstić information content (AvgIpc) is 2.37. The number of benzene rings is 1. The van der Waals surface area contributed by atoms with E-state index >= 15 is 0 Å². The predicted molar refractivity (Wildman–Crippen MR) is 78.2 cm³/mol. The van der Waals surface area contributed by atoms with Crippen molar-refractivity contribution in [3.63, 3.8) is 0 Å². The molecule has 0 fully saturated rings. The monoisotopic (exact) mass is 249 g/mol. The lowest BCUT2D eigenvalue weighted by molar-refractivity contribution is 0.106. The van der Waals surface area contributed by atoms with Crippen molar-refractivity contribution in [3.8, 4) is 0 Å². The Morgan fingerprint density at radius 3 is 2.28 bits per heavy atom. The highest BCUT2D eigenvalue weighted by molar-refractivity contribution is 5.34. The fraction of sp³-hybridized carbons (Fsp3) is 0.625. The van der Waals surface area contributed by atoms with Crippen molar-refractivity contribution < 1.29 is 4.74 Å². The summed E-state index contributed by atoms with van der Waals surface area (Å²) in [4.78, 5) is 0. The van der Waals surface area contributed by atoms with E-state index in [1.165, 1.54) is 16.7 Å². The first kappa shape index (κ1) is 15.2. The van der Waals surface area contributed by atoms with Gasteiger partial charge < -0.3 is 10.1 Å². The van der Waals surface area contributed by atoms with Crippen LogP contribution in [-0.2, 0) is 11.2 Å². The third-order valence-corrected chi connectivity index (χ3v) is 3.83. The summed E-state index contributed by atoms with van der Waals surface area (Å²) in [6, 6.07) is 7.07. The Bertz CT molecular complexity index is 342. The number of nitrogens with one attached hydrogen (secondary N) is 1. The third kappa shape index (κ3) is 4.43. The van der Waals surface area contributed by atoms with E-state index < -0.39 is 0 Å². The average molecular weight is 249 g/mol. The van der Waals surface area contributed by atoms with Gasteiger partial charge in [0.25, 0.3) is 0 Å². The molecule has 2 unspecified atom stereocenters. The van der Waals surface area contributed by atoms with Crippen molar-refractivity contribution in [2.75, 3.05) is 14.2 Å². The second-order valence-electron chi connectivity index (χ2n) is 5.18. The first-order chi connectivity index (χ1) is 8.58. The van der Waals surface area contributed by atoms with Crippen LogP contribution >= 0.6 is 0 Å². The van der Waals surface area contributed by atoms with E-state index in [9.17, 15) is 0 Å². The lowest BCUT2D eigenvalue weighted by Crippen LogP contribution is -2.29. The van der Waals surface area contributed by atoms with Crippen LogP contribution in [0.15, 0.2) is 18.2 Å². The van der Waals surface area contributed by atoms with Gasteiger partial charge in [-0.25, -0.2) is 0 Å². The third-order valence-electron chi connectivity index (χ3n) is 3.83. The first-order valence-corrected chi connectivity index (χ1v) is 6.83. The fourth-order valence-corrected chi connectivity index (χ4v) is 2.32. The zero-order valence-electron chi connectivity index (χ0n) is 12.4. The normalized spacial score (nSPS) is 14.5. The lowest BCUT2D eigenvalue weighted by atomic mass is 9.94. The highest BCUT2D eigenvalue weighted by Crippen LogP contribution is 2.17. The van der Waals surface area contributed by atoms with E-state index in [-0.39, 0.29) is 0 Å². The highest BCUT2D eigenvalue weighted by Gasteiger charge is 2.12. The van der Waals surface area contributed by atoms with E-state index in [4.69, 9.17) is 4.74 Å². The maximum atomic E-state index is 5.31. The molecule has 1 rings (SSSR count). The van der Waals surface area contributed by atoms with Gasteiger partial charge in [0.1, 0.15) is 0 Å². The van der Waals surface area contributed by atoms with Gasteiger partial charge in [0.15, 0.2) is 0 Å². The summed E-state index contributed by atoms with van der Waals surface area (Å²) < 4.78 is 5.31. The molecule has 0 aromatic heterocycles. The van der Waals surface area contributed by atoms with Gasteiger partial charge in [0.2, 0.25) is 0 Å². The number of aryl methyl sites for hydroxylation is 2. The van der Waals surface area contributed by atoms with Crippen LogP contribution in [0, 0.1) is 13.8 Å². The number of likely N-dealkylation sites (N-methyl/N-ethyl adjacent to an activating group) is 1. The first-order valence-electron chi connectivity index (χ1n) is 6.83. The molecule has 102 valence electrons. The number of methoxy groups -OCH3 is 1. The molecule has 0 saturated carbocycles. The molecule has 18 heavy (non-hydrogen) atoms. The topological polar surface area (TPSA) is 21.3 Å². The Morgan fingerprint density at radius 2 is 1.78 bits per heavy atom. The Balaban J connectivity index is 2.62. The minimum atomic E-state index is 0.346. The molecule has 2 heteroatoms. The van der Waals surface area contributed by atoms with Crippen LogP contribution in [0.1, 0.15) is 36.5 Å². The molecule has 0 spiro atoms. The zero-order chi connectivity index (χ0) is 13.5. The lowest BCUT2D eigenvalue weighted by Gasteiger charge is -2.20. The summed E-state index contributed by atoms with van der Waals surface area (Å²) in [5.74, 6) is 0. The van der Waals surface area contributed by atoms with Crippen LogP contribution in [0.25, 0.3) is 0 Å². The van der Waals surface area contributed by atoms with E-state index in [1.54, 1.807) is 7.11 Å². The summed E-state index contributed by atoms with van der Waals surface area (Å²) in [7, 11) is 3.83. The maximum Gasteiger partial charge on any atom is 0.0543 e. The van der Waals surface area contributed by atoms with Gasteiger partial charge in [-0.3, -0.25) is 0 Å². The van der Waals surface area contributed by atoms with E-state index in [0.29, 0.717) is 12.1 Å². The van der Waals surface area contributed by atoms with Gasteiger partial charge >= 0.3 is 0 Å². The SMILES string of the molecule is CNC(CCC(C)OC)Cc1c(C)cccc1C. The summed E-state index contributed by atoms with van der Waals surface area (Å²) in [6.45, 7) is 6.53. The Morgan fingerprint density at radius 1 is 1.17 bits per heavy atom. The smallest absolute Gasteiger partial charge is 0.0543 e. The summed E-state index contributed by atoms with van der Waals surface area (Å²) >= 11 is 0. The number of hydrogen-bond donors (Lipinski definition) is 1. The molecule has 1 N–H and O–H groups in total. The Kier molecular flexibility index (Phi) is 6.37. The fourth-order valence-electron chi connectivity index (χ4n) is 2.32. The van der Waals surface area contributed by atoms with E-state index in [2.05, 4.69) is 51.3 Å². The summed E-state index contributed by atoms with van der Waals surface area (Å²) in [6.07, 6.45) is 3.70. The van der Waals surface area contributed by atoms with Gasteiger partial charge in [-0.05, 0) is 63.8 Å². The van der Waals surface area contributed by atoms with Crippen molar-refractivity contribution in [2.45, 2.75) is 52.2 Å². The van der Waals surface area contributed by atoms with Crippen molar-refractivity contribution in [3.05, 3.63) is 34.9 Å². The van der Waals surface area contributed by atoms with Gasteiger partial charge in [0, 0.05) is 13.2 Å². The molecule has 0 amide bonds. The van der Waals surface area contributed by atoms with E-state index in [0.717, 1.165) is 19.3 Å². The molecule has 1 aromatic rings. The van der Waals surface area contributed by atoms with Crippen molar-refractivity contribution in [1.82, 2.24) is 5.32 Å². The Hall–Kier alpha value is -0.860. The number of rotatable bonds is 7. The molecule has 0 aliphatic rings.